The molecule has 8 heteroatoms. The fraction of sp³-hybridized carbons (Fsp3) is 0.412. The van der Waals surface area contributed by atoms with Gasteiger partial charge in [0.1, 0.15) is 11.3 Å². The molecule has 4 aromatic rings. The SMILES string of the molecule is Cc1c2ccc(c1C)C(=O)N1CCc3ccc(cc3C1)C(CC(=O)O)c1ccc3c(nnn3CCCCCCO2)c1C. The maximum atomic E-state index is 13.8. The van der Waals surface area contributed by atoms with E-state index in [0.29, 0.717) is 25.3 Å². The summed E-state index contributed by atoms with van der Waals surface area (Å²) in [6.07, 6.45) is 4.78. The third-order valence-electron chi connectivity index (χ3n) is 9.16. The van der Waals surface area contributed by atoms with E-state index in [9.17, 15) is 14.7 Å². The molecule has 1 atom stereocenters. The Labute approximate surface area is 246 Å². The molecule has 0 fully saturated rings. The lowest BCUT2D eigenvalue weighted by Gasteiger charge is -2.31. The molecule has 5 aliphatic rings. The first-order valence-corrected chi connectivity index (χ1v) is 15.0. The number of carboxylic acids is 1. The molecule has 218 valence electrons. The highest BCUT2D eigenvalue weighted by Gasteiger charge is 2.27. The van der Waals surface area contributed by atoms with Crippen molar-refractivity contribution in [3.63, 3.8) is 0 Å². The molecule has 1 N–H and O–H groups in total. The van der Waals surface area contributed by atoms with Crippen molar-refractivity contribution in [1.29, 1.82) is 0 Å². The Morgan fingerprint density at radius 1 is 0.952 bits per heavy atom. The van der Waals surface area contributed by atoms with Crippen molar-refractivity contribution in [2.24, 2.45) is 0 Å². The Bertz CT molecular complexity index is 1670. The van der Waals surface area contributed by atoms with Crippen LogP contribution in [0.3, 0.4) is 0 Å². The zero-order chi connectivity index (χ0) is 29.4. The van der Waals surface area contributed by atoms with Crippen molar-refractivity contribution in [1.82, 2.24) is 19.9 Å². The lowest BCUT2D eigenvalue weighted by atomic mass is 9.83. The van der Waals surface area contributed by atoms with E-state index in [1.165, 1.54) is 5.56 Å². The summed E-state index contributed by atoms with van der Waals surface area (Å²) in [5.41, 5.74) is 9.58. The topological polar surface area (TPSA) is 97.5 Å². The first-order chi connectivity index (χ1) is 20.3. The summed E-state index contributed by atoms with van der Waals surface area (Å²) in [7, 11) is 0. The molecule has 9 rings (SSSR count). The van der Waals surface area contributed by atoms with Gasteiger partial charge in [-0.2, -0.15) is 0 Å². The van der Waals surface area contributed by atoms with Crippen LogP contribution in [0, 0.1) is 20.8 Å². The van der Waals surface area contributed by atoms with Crippen LogP contribution < -0.4 is 4.74 Å². The van der Waals surface area contributed by atoms with Crippen LogP contribution in [0.5, 0.6) is 5.75 Å². The van der Waals surface area contributed by atoms with Crippen LogP contribution >= 0.6 is 0 Å². The maximum Gasteiger partial charge on any atom is 0.304 e. The van der Waals surface area contributed by atoms with Crippen LogP contribution in [-0.4, -0.2) is 50.0 Å². The van der Waals surface area contributed by atoms with Crippen LogP contribution in [0.15, 0.2) is 42.5 Å². The van der Waals surface area contributed by atoms with Crippen molar-refractivity contribution in [2.75, 3.05) is 13.2 Å². The Hall–Kier alpha value is -4.20. The Morgan fingerprint density at radius 2 is 1.79 bits per heavy atom. The van der Waals surface area contributed by atoms with Gasteiger partial charge in [0.25, 0.3) is 5.91 Å². The van der Waals surface area contributed by atoms with Gasteiger partial charge in [-0.1, -0.05) is 35.9 Å². The number of hydrogen-bond donors (Lipinski definition) is 1. The van der Waals surface area contributed by atoms with Crippen molar-refractivity contribution in [2.45, 2.75) is 78.3 Å². The lowest BCUT2D eigenvalue weighted by Crippen LogP contribution is -2.36. The van der Waals surface area contributed by atoms with Gasteiger partial charge in [-0.25, -0.2) is 4.68 Å². The molecule has 0 radical (unpaired) electrons. The Balaban J connectivity index is 1.41. The molecule has 8 nitrogen and oxygen atoms in total. The van der Waals surface area contributed by atoms with E-state index in [0.717, 1.165) is 88.8 Å². The van der Waals surface area contributed by atoms with Crippen molar-refractivity contribution >= 4 is 22.9 Å². The summed E-state index contributed by atoms with van der Waals surface area (Å²) in [6.45, 7) is 8.60. The van der Waals surface area contributed by atoms with Gasteiger partial charge in [0.15, 0.2) is 0 Å². The first-order valence-electron chi connectivity index (χ1n) is 15.0. The largest absolute Gasteiger partial charge is 0.493 e. The molecular formula is C34H38N4O4. The van der Waals surface area contributed by atoms with Crippen molar-refractivity contribution in [3.8, 4) is 5.75 Å². The second-order valence-electron chi connectivity index (χ2n) is 11.7. The van der Waals surface area contributed by atoms with Gasteiger partial charge in [0.05, 0.1) is 18.5 Å². The Kier molecular flexibility index (Phi) is 7.71. The summed E-state index contributed by atoms with van der Waals surface area (Å²) >= 11 is 0. The van der Waals surface area contributed by atoms with Crippen molar-refractivity contribution in [3.05, 3.63) is 87.0 Å². The number of amides is 1. The highest BCUT2D eigenvalue weighted by molar-refractivity contribution is 5.96. The lowest BCUT2D eigenvalue weighted by molar-refractivity contribution is -0.137. The van der Waals surface area contributed by atoms with Crippen LogP contribution in [0.4, 0.5) is 0 Å². The normalized spacial score (nSPS) is 17.7. The number of aryl methyl sites for hydroxylation is 2. The third kappa shape index (κ3) is 5.26. The van der Waals surface area contributed by atoms with Crippen LogP contribution in [0.1, 0.15) is 87.3 Å². The zero-order valence-corrected chi connectivity index (χ0v) is 24.7. The number of benzene rings is 3. The molecule has 1 amide bonds. The number of hydrogen-bond acceptors (Lipinski definition) is 5. The van der Waals surface area contributed by atoms with Crippen molar-refractivity contribution < 1.29 is 19.4 Å². The van der Waals surface area contributed by atoms with E-state index in [-0.39, 0.29) is 18.2 Å². The molecule has 9 bridgehead atoms. The molecule has 6 heterocycles. The zero-order valence-electron chi connectivity index (χ0n) is 24.7. The van der Waals surface area contributed by atoms with E-state index in [1.54, 1.807) is 0 Å². The standard InChI is InChI=1S/C34H38N4O4/c1-21-22(2)31-13-11-28(21)34(41)37-16-14-24-8-9-25(18-26(24)20-37)29(19-32(39)40)27-10-12-30-33(23(27)3)35-36-38(30)15-6-4-5-7-17-42-31/h8-13,18,29H,4-7,14-17,19-20H2,1-3H3,(H,39,40). The maximum absolute atomic E-state index is 13.8. The van der Waals surface area contributed by atoms with Gasteiger partial charge < -0.3 is 14.7 Å². The minimum absolute atomic E-state index is 0.0167. The quantitative estimate of drug-likeness (QED) is 0.314. The van der Waals surface area contributed by atoms with Gasteiger partial charge in [-0.05, 0) is 104 Å². The summed E-state index contributed by atoms with van der Waals surface area (Å²) < 4.78 is 8.09. The number of rotatable bonds is 2. The second-order valence-corrected chi connectivity index (χ2v) is 11.7. The summed E-state index contributed by atoms with van der Waals surface area (Å²) in [5.74, 6) is -0.340. The fourth-order valence-electron chi connectivity index (χ4n) is 6.53. The highest BCUT2D eigenvalue weighted by Crippen LogP contribution is 2.36. The van der Waals surface area contributed by atoms with Crippen LogP contribution in [0.25, 0.3) is 11.0 Å². The molecule has 0 saturated carbocycles. The number of aromatic nitrogens is 3. The molecular weight excluding hydrogens is 528 g/mol. The molecule has 5 aliphatic heterocycles. The van der Waals surface area contributed by atoms with E-state index < -0.39 is 5.97 Å². The number of carbonyl (C=O) groups excluding carboxylic acids is 1. The molecule has 42 heavy (non-hydrogen) atoms. The number of carbonyl (C=O) groups is 2. The van der Waals surface area contributed by atoms with Gasteiger partial charge in [0, 0.05) is 31.1 Å². The molecule has 1 aromatic heterocycles. The number of nitrogens with zero attached hydrogens (tertiary/aromatic N) is 4. The third-order valence-corrected chi connectivity index (χ3v) is 9.16. The molecule has 1 unspecified atom stereocenters. The minimum atomic E-state index is -0.853. The number of carboxylic acid groups (broad SMARTS) is 1. The Morgan fingerprint density at radius 3 is 2.62 bits per heavy atom. The smallest absolute Gasteiger partial charge is 0.304 e. The number of ether oxygens (including phenoxy) is 1. The van der Waals surface area contributed by atoms with Gasteiger partial charge in [0.2, 0.25) is 0 Å². The second kappa shape index (κ2) is 11.6. The monoisotopic (exact) mass is 566 g/mol. The molecule has 0 saturated heterocycles. The molecule has 3 aromatic carbocycles. The fourth-order valence-corrected chi connectivity index (χ4v) is 6.53. The summed E-state index contributed by atoms with van der Waals surface area (Å²) in [6, 6.07) is 14.2. The van der Waals surface area contributed by atoms with Crippen LogP contribution in [0.2, 0.25) is 0 Å². The average molecular weight is 567 g/mol. The van der Waals surface area contributed by atoms with E-state index in [1.807, 2.05) is 54.6 Å². The highest BCUT2D eigenvalue weighted by atomic mass is 16.5. The summed E-state index contributed by atoms with van der Waals surface area (Å²) in [4.78, 5) is 27.7. The van der Waals surface area contributed by atoms with Gasteiger partial charge in [-0.15, -0.1) is 5.10 Å². The average Bonchev–Trinajstić information content (AvgIpc) is 3.40. The predicted octanol–water partition coefficient (Wildman–Crippen LogP) is 6.11. The van der Waals surface area contributed by atoms with E-state index in [4.69, 9.17) is 4.74 Å². The van der Waals surface area contributed by atoms with Gasteiger partial charge in [-0.3, -0.25) is 9.59 Å². The molecule has 0 aliphatic carbocycles. The van der Waals surface area contributed by atoms with E-state index in [2.05, 4.69) is 28.5 Å². The predicted molar refractivity (Wildman–Crippen MR) is 161 cm³/mol. The summed E-state index contributed by atoms with van der Waals surface area (Å²) in [5, 5.41) is 18.9. The molecule has 0 spiro atoms. The van der Waals surface area contributed by atoms with E-state index >= 15 is 0 Å². The van der Waals surface area contributed by atoms with Crippen LogP contribution in [-0.2, 0) is 24.3 Å². The first kappa shape index (κ1) is 27.9. The number of aliphatic carboxylic acids is 1. The van der Waals surface area contributed by atoms with Gasteiger partial charge >= 0.3 is 5.97 Å². The minimum Gasteiger partial charge on any atom is -0.493 e.